The molecule has 0 bridgehead atoms. The zero-order valence-electron chi connectivity index (χ0n) is 12.1. The number of hydrogen-bond donors (Lipinski definition) is 1. The number of carbonyl (C=O) groups is 1. The van der Waals surface area contributed by atoms with E-state index in [1.165, 1.54) is 24.3 Å². The Hall–Kier alpha value is -1.91. The Morgan fingerprint density at radius 3 is 2.80 bits per heavy atom. The third kappa shape index (κ3) is 5.82. The Morgan fingerprint density at radius 2 is 2.20 bits per heavy atom. The van der Waals surface area contributed by atoms with Crippen LogP contribution >= 0.6 is 0 Å². The minimum Gasteiger partial charge on any atom is -0.465 e. The molecule has 1 rings (SSSR count). The zero-order chi connectivity index (χ0) is 15.0. The molecule has 5 heteroatoms. The summed E-state index contributed by atoms with van der Waals surface area (Å²) < 4.78 is 18.5. The molecular formula is C15H21FN2O2. The summed E-state index contributed by atoms with van der Waals surface area (Å²) in [7, 11) is 0. The van der Waals surface area contributed by atoms with Gasteiger partial charge in [0.2, 0.25) is 0 Å². The average Bonchev–Trinajstić information content (AvgIpc) is 2.41. The molecule has 4 nitrogen and oxygen atoms in total. The van der Waals surface area contributed by atoms with E-state index in [-0.39, 0.29) is 11.6 Å². The standard InChI is InChI=1S/C15H21FN2O2/c1-4-8-17-15(20-10-11(2)3)18-14(19)12-6-5-7-13(16)9-12/h5-7,9,11H,4,8,10H2,1-3H3,(H,17,18,19). The van der Waals surface area contributed by atoms with Crippen LogP contribution in [0.1, 0.15) is 37.6 Å². The molecule has 0 atom stereocenters. The number of rotatable bonds is 5. The minimum absolute atomic E-state index is 0.190. The first kappa shape index (κ1) is 16.1. The summed E-state index contributed by atoms with van der Waals surface area (Å²) in [5, 5.41) is 2.57. The van der Waals surface area contributed by atoms with Crippen molar-refractivity contribution in [3.8, 4) is 0 Å². The number of benzene rings is 1. The quantitative estimate of drug-likeness (QED) is 0.666. The molecule has 0 saturated heterocycles. The van der Waals surface area contributed by atoms with Gasteiger partial charge in [-0.1, -0.05) is 26.8 Å². The highest BCUT2D eigenvalue weighted by Crippen LogP contribution is 2.03. The van der Waals surface area contributed by atoms with Crippen molar-refractivity contribution in [2.45, 2.75) is 27.2 Å². The maximum Gasteiger partial charge on any atom is 0.291 e. The monoisotopic (exact) mass is 280 g/mol. The lowest BCUT2D eigenvalue weighted by Crippen LogP contribution is -2.33. The van der Waals surface area contributed by atoms with Gasteiger partial charge >= 0.3 is 0 Å². The topological polar surface area (TPSA) is 50.7 Å². The maximum atomic E-state index is 13.1. The Balaban J connectivity index is 2.70. The van der Waals surface area contributed by atoms with Crippen LogP contribution in [0.4, 0.5) is 4.39 Å². The summed E-state index contributed by atoms with van der Waals surface area (Å²) in [6.07, 6.45) is 0.852. The van der Waals surface area contributed by atoms with Crippen LogP contribution in [0.2, 0.25) is 0 Å². The molecule has 0 aliphatic rings. The third-order valence-corrected chi connectivity index (χ3v) is 2.34. The van der Waals surface area contributed by atoms with E-state index in [9.17, 15) is 9.18 Å². The molecule has 0 fully saturated rings. The number of ether oxygens (including phenoxy) is 1. The summed E-state index contributed by atoms with van der Waals surface area (Å²) in [5.74, 6) is -0.552. The lowest BCUT2D eigenvalue weighted by atomic mass is 10.2. The number of amides is 1. The number of aliphatic imine (C=N–C) groups is 1. The lowest BCUT2D eigenvalue weighted by molar-refractivity contribution is 0.0962. The van der Waals surface area contributed by atoms with Crippen LogP contribution in [-0.4, -0.2) is 25.1 Å². The van der Waals surface area contributed by atoms with E-state index >= 15 is 0 Å². The van der Waals surface area contributed by atoms with Gasteiger partial charge in [0.05, 0.1) is 6.61 Å². The minimum atomic E-state index is -0.451. The highest BCUT2D eigenvalue weighted by atomic mass is 19.1. The van der Waals surface area contributed by atoms with E-state index in [0.29, 0.717) is 19.1 Å². The first-order valence-electron chi connectivity index (χ1n) is 6.77. The molecule has 1 N–H and O–H groups in total. The third-order valence-electron chi connectivity index (χ3n) is 2.34. The van der Waals surface area contributed by atoms with E-state index in [4.69, 9.17) is 4.74 Å². The molecular weight excluding hydrogens is 259 g/mol. The zero-order valence-corrected chi connectivity index (χ0v) is 12.1. The van der Waals surface area contributed by atoms with Gasteiger partial charge in [0.25, 0.3) is 11.9 Å². The van der Waals surface area contributed by atoms with Crippen LogP contribution in [-0.2, 0) is 4.74 Å². The van der Waals surface area contributed by atoms with E-state index < -0.39 is 11.7 Å². The summed E-state index contributed by atoms with van der Waals surface area (Å²) in [4.78, 5) is 16.1. The Kier molecular flexibility index (Phi) is 6.70. The fourth-order valence-corrected chi connectivity index (χ4v) is 1.38. The second kappa shape index (κ2) is 8.30. The predicted molar refractivity (Wildman–Crippen MR) is 77.2 cm³/mol. The van der Waals surface area contributed by atoms with Crippen LogP contribution in [0.15, 0.2) is 29.3 Å². The molecule has 0 spiro atoms. The Labute approximate surface area is 119 Å². The van der Waals surface area contributed by atoms with Crippen molar-refractivity contribution in [3.05, 3.63) is 35.6 Å². The van der Waals surface area contributed by atoms with Crippen molar-refractivity contribution in [2.75, 3.05) is 13.2 Å². The van der Waals surface area contributed by atoms with Crippen LogP contribution in [0.5, 0.6) is 0 Å². The first-order valence-corrected chi connectivity index (χ1v) is 6.77. The van der Waals surface area contributed by atoms with Crippen molar-refractivity contribution in [1.29, 1.82) is 0 Å². The van der Waals surface area contributed by atoms with Gasteiger partial charge in [-0.3, -0.25) is 10.1 Å². The molecule has 0 aromatic heterocycles. The van der Waals surface area contributed by atoms with Gasteiger partial charge in [0.15, 0.2) is 0 Å². The second-order valence-electron chi connectivity index (χ2n) is 4.86. The van der Waals surface area contributed by atoms with Crippen LogP contribution in [0.3, 0.4) is 0 Å². The van der Waals surface area contributed by atoms with E-state index in [2.05, 4.69) is 10.3 Å². The van der Waals surface area contributed by atoms with Crippen molar-refractivity contribution in [1.82, 2.24) is 5.32 Å². The summed E-state index contributed by atoms with van der Waals surface area (Å²) >= 11 is 0. The molecule has 0 aliphatic carbocycles. The fourth-order valence-electron chi connectivity index (χ4n) is 1.38. The summed E-state index contributed by atoms with van der Waals surface area (Å²) in [5.41, 5.74) is 0.238. The average molecular weight is 280 g/mol. The maximum absolute atomic E-state index is 13.1. The van der Waals surface area contributed by atoms with Crippen LogP contribution in [0, 0.1) is 11.7 Å². The molecule has 1 aromatic carbocycles. The number of nitrogens with one attached hydrogen (secondary N) is 1. The Bertz CT molecular complexity index is 473. The molecule has 0 heterocycles. The van der Waals surface area contributed by atoms with Gasteiger partial charge in [-0.2, -0.15) is 0 Å². The van der Waals surface area contributed by atoms with Gasteiger partial charge < -0.3 is 4.74 Å². The molecule has 0 aliphatic heterocycles. The number of amidine groups is 1. The molecule has 110 valence electrons. The van der Waals surface area contributed by atoms with Crippen molar-refractivity contribution >= 4 is 11.9 Å². The van der Waals surface area contributed by atoms with Gasteiger partial charge in [-0.05, 0) is 30.5 Å². The molecule has 1 aromatic rings. The molecule has 0 radical (unpaired) electrons. The Morgan fingerprint density at radius 1 is 1.45 bits per heavy atom. The number of carbonyl (C=O) groups excluding carboxylic acids is 1. The molecule has 0 saturated carbocycles. The fraction of sp³-hybridized carbons (Fsp3) is 0.467. The highest BCUT2D eigenvalue weighted by molar-refractivity contribution is 6.04. The van der Waals surface area contributed by atoms with E-state index in [0.717, 1.165) is 6.42 Å². The second-order valence-corrected chi connectivity index (χ2v) is 4.86. The van der Waals surface area contributed by atoms with Gasteiger partial charge in [0.1, 0.15) is 5.82 Å². The summed E-state index contributed by atoms with van der Waals surface area (Å²) in [6, 6.07) is 5.68. The smallest absolute Gasteiger partial charge is 0.291 e. The number of nitrogens with zero attached hydrogens (tertiary/aromatic N) is 1. The van der Waals surface area contributed by atoms with Crippen molar-refractivity contribution in [2.24, 2.45) is 10.9 Å². The largest absolute Gasteiger partial charge is 0.465 e. The molecule has 0 unspecified atom stereocenters. The predicted octanol–water partition coefficient (Wildman–Crippen LogP) is 2.99. The first-order chi connectivity index (χ1) is 9.52. The highest BCUT2D eigenvalue weighted by Gasteiger charge is 2.11. The van der Waals surface area contributed by atoms with Crippen molar-refractivity contribution in [3.63, 3.8) is 0 Å². The van der Waals surface area contributed by atoms with E-state index in [1.807, 2.05) is 20.8 Å². The van der Waals surface area contributed by atoms with Crippen molar-refractivity contribution < 1.29 is 13.9 Å². The number of halogens is 1. The summed E-state index contributed by atoms with van der Waals surface area (Å²) in [6.45, 7) is 7.03. The molecule has 20 heavy (non-hydrogen) atoms. The number of hydrogen-bond acceptors (Lipinski definition) is 3. The molecule has 1 amide bonds. The van der Waals surface area contributed by atoms with Gasteiger partial charge in [-0.25, -0.2) is 9.38 Å². The van der Waals surface area contributed by atoms with Crippen LogP contribution < -0.4 is 5.32 Å². The lowest BCUT2D eigenvalue weighted by Gasteiger charge is -2.12. The normalized spacial score (nSPS) is 11.6. The van der Waals surface area contributed by atoms with Gasteiger partial charge in [-0.15, -0.1) is 0 Å². The van der Waals surface area contributed by atoms with E-state index in [1.54, 1.807) is 0 Å². The SMILES string of the molecule is CCCN=C(NC(=O)c1cccc(F)c1)OCC(C)C. The van der Waals surface area contributed by atoms with Gasteiger partial charge in [0, 0.05) is 12.1 Å². The van der Waals surface area contributed by atoms with Crippen LogP contribution in [0.25, 0.3) is 0 Å².